The van der Waals surface area contributed by atoms with Gasteiger partial charge < -0.3 is 21.5 Å². The number of benzene rings is 3. The lowest BCUT2D eigenvalue weighted by molar-refractivity contribution is 0.396. The summed E-state index contributed by atoms with van der Waals surface area (Å²) in [5.74, 6) is -3.15. The summed E-state index contributed by atoms with van der Waals surface area (Å²) < 4.78 is 26.9. The smallest absolute Gasteiger partial charge is 0.187 e. The standard InChI is InChI=1S/C23H18F2N4O/c24-17-11-15(12-18(25)23(17)30)27-13-19(26)22-10-9-16-20(7-4-8-21(16)29-22)28-14-5-2-1-3-6-14/h1-13,27-28,30H,26H2/b19-13-. The molecule has 5 N–H and O–H groups in total. The van der Waals surface area contributed by atoms with Gasteiger partial charge >= 0.3 is 0 Å². The number of anilines is 3. The van der Waals surface area contributed by atoms with Gasteiger partial charge in [0.1, 0.15) is 0 Å². The van der Waals surface area contributed by atoms with Crippen LogP contribution in [-0.4, -0.2) is 10.1 Å². The number of fused-ring (bicyclic) bond motifs is 1. The van der Waals surface area contributed by atoms with E-state index < -0.39 is 17.4 Å². The second-order valence-corrected chi connectivity index (χ2v) is 6.59. The average molecular weight is 404 g/mol. The minimum atomic E-state index is -1.06. The zero-order valence-electron chi connectivity index (χ0n) is 15.7. The molecule has 3 aromatic carbocycles. The normalized spacial score (nSPS) is 11.5. The molecule has 0 atom stereocenters. The number of para-hydroxylation sites is 1. The summed E-state index contributed by atoms with van der Waals surface area (Å²) in [5.41, 5.74) is 9.60. The van der Waals surface area contributed by atoms with Crippen LogP contribution in [0.3, 0.4) is 0 Å². The van der Waals surface area contributed by atoms with Crippen molar-refractivity contribution in [2.24, 2.45) is 5.73 Å². The summed E-state index contributed by atoms with van der Waals surface area (Å²) in [6.45, 7) is 0. The average Bonchev–Trinajstić information content (AvgIpc) is 2.76. The number of halogens is 2. The van der Waals surface area contributed by atoms with Gasteiger partial charge in [-0.2, -0.15) is 0 Å². The first-order valence-electron chi connectivity index (χ1n) is 9.13. The van der Waals surface area contributed by atoms with Crippen molar-refractivity contribution in [1.29, 1.82) is 0 Å². The van der Waals surface area contributed by atoms with E-state index in [-0.39, 0.29) is 11.4 Å². The van der Waals surface area contributed by atoms with Crippen molar-refractivity contribution >= 4 is 33.7 Å². The Morgan fingerprint density at radius 1 is 0.900 bits per heavy atom. The number of nitrogens with one attached hydrogen (secondary N) is 2. The Morgan fingerprint density at radius 3 is 2.37 bits per heavy atom. The number of aromatic hydroxyl groups is 1. The highest BCUT2D eigenvalue weighted by Crippen LogP contribution is 2.27. The molecule has 0 spiro atoms. The maximum Gasteiger partial charge on any atom is 0.187 e. The van der Waals surface area contributed by atoms with Gasteiger partial charge in [0.25, 0.3) is 0 Å². The fraction of sp³-hybridized carbons (Fsp3) is 0. The zero-order valence-corrected chi connectivity index (χ0v) is 15.7. The van der Waals surface area contributed by atoms with Gasteiger partial charge in [-0.1, -0.05) is 24.3 Å². The van der Waals surface area contributed by atoms with Crippen LogP contribution in [0, 0.1) is 11.6 Å². The number of pyridine rings is 1. The third-order valence-corrected chi connectivity index (χ3v) is 4.49. The molecule has 0 unspecified atom stereocenters. The molecule has 7 heteroatoms. The summed E-state index contributed by atoms with van der Waals surface area (Å²) in [5, 5.41) is 16.2. The van der Waals surface area contributed by atoms with E-state index in [1.807, 2.05) is 54.6 Å². The van der Waals surface area contributed by atoms with Crippen LogP contribution in [0.1, 0.15) is 5.69 Å². The molecule has 0 bridgehead atoms. The molecule has 0 aliphatic carbocycles. The van der Waals surface area contributed by atoms with Gasteiger partial charge in [-0.25, -0.2) is 13.8 Å². The molecule has 0 fully saturated rings. The summed E-state index contributed by atoms with van der Waals surface area (Å²) >= 11 is 0. The molecule has 30 heavy (non-hydrogen) atoms. The Morgan fingerprint density at radius 2 is 1.63 bits per heavy atom. The first-order chi connectivity index (χ1) is 14.5. The quantitative estimate of drug-likeness (QED) is 0.338. The summed E-state index contributed by atoms with van der Waals surface area (Å²) in [6, 6.07) is 21.2. The Bertz CT molecular complexity index is 1220. The van der Waals surface area contributed by atoms with Crippen LogP contribution in [0.25, 0.3) is 16.6 Å². The number of phenolic OH excluding ortho intramolecular Hbond substituents is 1. The van der Waals surface area contributed by atoms with E-state index in [0.717, 1.165) is 34.4 Å². The molecule has 4 aromatic rings. The molecule has 4 rings (SSSR count). The molecule has 0 aliphatic rings. The number of aromatic nitrogens is 1. The fourth-order valence-electron chi connectivity index (χ4n) is 2.99. The highest BCUT2D eigenvalue weighted by atomic mass is 19.1. The third kappa shape index (κ3) is 4.00. The molecule has 150 valence electrons. The van der Waals surface area contributed by atoms with Crippen molar-refractivity contribution in [3.8, 4) is 5.75 Å². The topological polar surface area (TPSA) is 83.2 Å². The monoisotopic (exact) mass is 404 g/mol. The van der Waals surface area contributed by atoms with Crippen LogP contribution in [0.5, 0.6) is 5.75 Å². The van der Waals surface area contributed by atoms with Gasteiger partial charge in [-0.15, -0.1) is 0 Å². The first-order valence-corrected chi connectivity index (χ1v) is 9.13. The molecule has 0 aliphatic heterocycles. The van der Waals surface area contributed by atoms with Crippen molar-refractivity contribution in [2.75, 3.05) is 10.6 Å². The van der Waals surface area contributed by atoms with Gasteiger partial charge in [-0.3, -0.25) is 0 Å². The molecule has 1 heterocycles. The van der Waals surface area contributed by atoms with Crippen molar-refractivity contribution in [3.63, 3.8) is 0 Å². The number of hydrogen-bond acceptors (Lipinski definition) is 5. The van der Waals surface area contributed by atoms with Gasteiger partial charge in [0.15, 0.2) is 17.4 Å². The molecule has 1 aromatic heterocycles. The molecule has 0 amide bonds. The lowest BCUT2D eigenvalue weighted by atomic mass is 10.1. The molecule has 0 radical (unpaired) electrons. The minimum absolute atomic E-state index is 0.112. The van der Waals surface area contributed by atoms with Gasteiger partial charge in [0, 0.05) is 40.8 Å². The molecule has 0 saturated carbocycles. The molecular formula is C23H18F2N4O. The summed E-state index contributed by atoms with van der Waals surface area (Å²) in [6.07, 6.45) is 1.39. The predicted octanol–water partition coefficient (Wildman–Crippen LogP) is 5.33. The van der Waals surface area contributed by atoms with Crippen molar-refractivity contribution in [2.45, 2.75) is 0 Å². The maximum atomic E-state index is 13.5. The van der Waals surface area contributed by atoms with Crippen LogP contribution < -0.4 is 16.4 Å². The maximum absolute atomic E-state index is 13.5. The number of nitrogens with two attached hydrogens (primary N) is 1. The first kappa shape index (κ1) is 19.2. The van der Waals surface area contributed by atoms with Gasteiger partial charge in [0.05, 0.1) is 16.9 Å². The highest BCUT2D eigenvalue weighted by Gasteiger charge is 2.09. The minimum Gasteiger partial charge on any atom is -0.503 e. The Kier molecular flexibility index (Phi) is 5.17. The van der Waals surface area contributed by atoms with Gasteiger partial charge in [0.2, 0.25) is 0 Å². The molecule has 5 nitrogen and oxygen atoms in total. The second kappa shape index (κ2) is 8.08. The van der Waals surface area contributed by atoms with Gasteiger partial charge in [-0.05, 0) is 36.4 Å². The van der Waals surface area contributed by atoms with Crippen LogP contribution in [0.4, 0.5) is 25.8 Å². The van der Waals surface area contributed by atoms with Crippen molar-refractivity contribution in [3.05, 3.63) is 96.3 Å². The summed E-state index contributed by atoms with van der Waals surface area (Å²) in [4.78, 5) is 4.58. The molecule has 0 saturated heterocycles. The van der Waals surface area contributed by atoms with E-state index in [2.05, 4.69) is 15.6 Å². The van der Waals surface area contributed by atoms with Crippen molar-refractivity contribution < 1.29 is 13.9 Å². The third-order valence-electron chi connectivity index (χ3n) is 4.49. The number of nitrogens with zero attached hydrogens (tertiary/aromatic N) is 1. The van der Waals surface area contributed by atoms with Crippen LogP contribution in [-0.2, 0) is 0 Å². The molecular weight excluding hydrogens is 386 g/mol. The van der Waals surface area contributed by atoms with E-state index in [1.165, 1.54) is 6.20 Å². The van der Waals surface area contributed by atoms with Crippen molar-refractivity contribution in [1.82, 2.24) is 4.98 Å². The van der Waals surface area contributed by atoms with Crippen LogP contribution in [0.2, 0.25) is 0 Å². The zero-order chi connectivity index (χ0) is 21.1. The largest absolute Gasteiger partial charge is 0.503 e. The SMILES string of the molecule is N/C(=C\Nc1cc(F)c(O)c(F)c1)c1ccc2c(Nc3ccccc3)cccc2n1. The van der Waals surface area contributed by atoms with Crippen LogP contribution >= 0.6 is 0 Å². The Hall–Kier alpha value is -4.13. The van der Waals surface area contributed by atoms with Crippen LogP contribution in [0.15, 0.2) is 79.0 Å². The lowest BCUT2D eigenvalue weighted by Crippen LogP contribution is -2.03. The number of rotatable bonds is 5. The Labute approximate surface area is 171 Å². The fourth-order valence-corrected chi connectivity index (χ4v) is 2.99. The Balaban J connectivity index is 1.59. The number of hydrogen-bond donors (Lipinski definition) is 4. The van der Waals surface area contributed by atoms with E-state index >= 15 is 0 Å². The second-order valence-electron chi connectivity index (χ2n) is 6.59. The number of phenols is 1. The lowest BCUT2D eigenvalue weighted by Gasteiger charge is -2.11. The highest BCUT2D eigenvalue weighted by molar-refractivity contribution is 5.94. The summed E-state index contributed by atoms with van der Waals surface area (Å²) in [7, 11) is 0. The van der Waals surface area contributed by atoms with E-state index in [4.69, 9.17) is 10.8 Å². The van der Waals surface area contributed by atoms with E-state index in [1.54, 1.807) is 6.07 Å². The van der Waals surface area contributed by atoms with E-state index in [9.17, 15) is 8.78 Å². The predicted molar refractivity (Wildman–Crippen MR) is 115 cm³/mol. The van der Waals surface area contributed by atoms with E-state index in [0.29, 0.717) is 5.69 Å².